The molecular weight excluding hydrogens is 206 g/mol. The molecule has 0 saturated carbocycles. The van der Waals surface area contributed by atoms with Gasteiger partial charge in [0, 0.05) is 18.8 Å². The highest BCUT2D eigenvalue weighted by atomic mass is 35.5. The molecule has 1 unspecified atom stereocenters. The first-order chi connectivity index (χ1) is 6.19. The Morgan fingerprint density at radius 3 is 2.71 bits per heavy atom. The van der Waals surface area contributed by atoms with Gasteiger partial charge in [-0.2, -0.15) is 5.10 Å². The van der Waals surface area contributed by atoms with Crippen molar-refractivity contribution in [2.75, 3.05) is 7.05 Å². The summed E-state index contributed by atoms with van der Waals surface area (Å²) in [7, 11) is 3.48. The van der Waals surface area contributed by atoms with E-state index in [-0.39, 0.29) is 18.3 Å². The first-order valence-electron chi connectivity index (χ1n) is 3.85. The van der Waals surface area contributed by atoms with Gasteiger partial charge in [0.2, 0.25) is 0 Å². The van der Waals surface area contributed by atoms with Crippen LogP contribution in [0.1, 0.15) is 11.6 Å². The summed E-state index contributed by atoms with van der Waals surface area (Å²) >= 11 is 0. The quantitative estimate of drug-likeness (QED) is 0.349. The number of likely N-dealkylation sites (N-methyl/N-ethyl adjacent to an activating group) is 1. The molecule has 1 rings (SSSR count). The molecule has 0 bridgehead atoms. The average molecular weight is 220 g/mol. The van der Waals surface area contributed by atoms with Gasteiger partial charge >= 0.3 is 0 Å². The number of nitrogens with zero attached hydrogens (tertiary/aromatic N) is 2. The van der Waals surface area contributed by atoms with Crippen LogP contribution in [0.4, 0.5) is 0 Å². The van der Waals surface area contributed by atoms with E-state index in [0.29, 0.717) is 0 Å². The summed E-state index contributed by atoms with van der Waals surface area (Å²) in [5.41, 5.74) is 2.87. The number of nitrogens with two attached hydrogens (primary N) is 1. The van der Waals surface area contributed by atoms with E-state index < -0.39 is 6.04 Å². The van der Waals surface area contributed by atoms with Gasteiger partial charge in [0.15, 0.2) is 0 Å². The van der Waals surface area contributed by atoms with Crippen molar-refractivity contribution in [3.63, 3.8) is 0 Å². The molecule has 4 N–H and O–H groups in total. The van der Waals surface area contributed by atoms with Crippen LogP contribution >= 0.6 is 12.4 Å². The summed E-state index contributed by atoms with van der Waals surface area (Å²) in [5.74, 6) is 4.74. The summed E-state index contributed by atoms with van der Waals surface area (Å²) in [6, 6.07) is -0.446. The van der Waals surface area contributed by atoms with Crippen LogP contribution in [0.25, 0.3) is 0 Å². The zero-order chi connectivity index (χ0) is 9.84. The number of rotatable bonds is 3. The monoisotopic (exact) mass is 219 g/mol. The van der Waals surface area contributed by atoms with E-state index in [0.717, 1.165) is 5.56 Å². The maximum atomic E-state index is 11.2. The Balaban J connectivity index is 0.00000169. The number of halogens is 1. The summed E-state index contributed by atoms with van der Waals surface area (Å²) in [6.45, 7) is 0. The number of aryl methyl sites for hydroxylation is 1. The van der Waals surface area contributed by atoms with Gasteiger partial charge in [0.05, 0.1) is 6.20 Å². The third-order valence-corrected chi connectivity index (χ3v) is 1.75. The lowest BCUT2D eigenvalue weighted by molar-refractivity contribution is -0.123. The molecule has 7 heteroatoms. The van der Waals surface area contributed by atoms with Gasteiger partial charge < -0.3 is 5.32 Å². The van der Waals surface area contributed by atoms with Crippen molar-refractivity contribution in [2.45, 2.75) is 6.04 Å². The van der Waals surface area contributed by atoms with Crippen molar-refractivity contribution in [2.24, 2.45) is 12.9 Å². The van der Waals surface area contributed by atoms with Gasteiger partial charge in [-0.1, -0.05) is 0 Å². The van der Waals surface area contributed by atoms with Crippen molar-refractivity contribution in [3.8, 4) is 0 Å². The predicted octanol–water partition coefficient (Wildman–Crippen LogP) is -0.908. The number of hydrazine groups is 1. The smallest absolute Gasteiger partial charge is 0.255 e. The van der Waals surface area contributed by atoms with Crippen LogP contribution in [-0.4, -0.2) is 22.7 Å². The van der Waals surface area contributed by atoms with Crippen molar-refractivity contribution in [1.29, 1.82) is 0 Å². The molecule has 0 saturated heterocycles. The fourth-order valence-electron chi connectivity index (χ4n) is 1.12. The largest absolute Gasteiger partial charge is 0.305 e. The Hall–Kier alpha value is -1.11. The van der Waals surface area contributed by atoms with E-state index in [1.165, 1.54) is 0 Å². The average Bonchev–Trinajstić information content (AvgIpc) is 2.53. The molecule has 0 spiro atoms. The highest BCUT2D eigenvalue weighted by Crippen LogP contribution is 2.10. The van der Waals surface area contributed by atoms with Crippen molar-refractivity contribution in [1.82, 2.24) is 20.5 Å². The van der Waals surface area contributed by atoms with Crippen LogP contribution in [0.3, 0.4) is 0 Å². The van der Waals surface area contributed by atoms with Crippen molar-refractivity contribution >= 4 is 18.3 Å². The molecule has 80 valence electrons. The fraction of sp³-hybridized carbons (Fsp3) is 0.429. The molecule has 14 heavy (non-hydrogen) atoms. The van der Waals surface area contributed by atoms with Crippen molar-refractivity contribution in [3.05, 3.63) is 18.0 Å². The Labute approximate surface area is 88.2 Å². The molecule has 6 nitrogen and oxygen atoms in total. The SMILES string of the molecule is CNC(C(=O)NN)c1cnn(C)c1.Cl. The van der Waals surface area contributed by atoms with Gasteiger partial charge in [-0.15, -0.1) is 12.4 Å². The Kier molecular flexibility index (Phi) is 5.14. The van der Waals surface area contributed by atoms with Gasteiger partial charge in [-0.25, -0.2) is 5.84 Å². The standard InChI is InChI=1S/C7H13N5O.ClH/c1-9-6(7(13)11-8)5-3-10-12(2)4-5;/h3-4,6,9H,8H2,1-2H3,(H,11,13);1H. The summed E-state index contributed by atoms with van der Waals surface area (Å²) < 4.78 is 1.63. The minimum atomic E-state index is -0.446. The Morgan fingerprint density at radius 2 is 2.36 bits per heavy atom. The van der Waals surface area contributed by atoms with Crippen LogP contribution < -0.4 is 16.6 Å². The minimum Gasteiger partial charge on any atom is -0.305 e. The molecule has 1 atom stereocenters. The third kappa shape index (κ3) is 2.69. The maximum absolute atomic E-state index is 11.2. The number of amides is 1. The maximum Gasteiger partial charge on any atom is 0.255 e. The van der Waals surface area contributed by atoms with Crippen LogP contribution in [-0.2, 0) is 11.8 Å². The molecule has 1 aromatic rings. The van der Waals surface area contributed by atoms with E-state index in [1.807, 2.05) is 0 Å². The number of hydrogen-bond donors (Lipinski definition) is 3. The van der Waals surface area contributed by atoms with Gasteiger partial charge in [0.25, 0.3) is 5.91 Å². The van der Waals surface area contributed by atoms with Crippen LogP contribution in [0, 0.1) is 0 Å². The molecule has 1 aromatic heterocycles. The zero-order valence-corrected chi connectivity index (χ0v) is 8.84. The van der Waals surface area contributed by atoms with Crippen LogP contribution in [0.15, 0.2) is 12.4 Å². The lowest BCUT2D eigenvalue weighted by Crippen LogP contribution is -2.39. The second-order valence-corrected chi connectivity index (χ2v) is 2.68. The third-order valence-electron chi connectivity index (χ3n) is 1.75. The normalized spacial score (nSPS) is 11.6. The molecule has 0 aliphatic heterocycles. The van der Waals surface area contributed by atoms with Gasteiger partial charge in [0.1, 0.15) is 6.04 Å². The minimum absolute atomic E-state index is 0. The molecule has 0 radical (unpaired) electrons. The summed E-state index contributed by atoms with van der Waals surface area (Å²) in [4.78, 5) is 11.2. The number of carbonyl (C=O) groups excluding carboxylic acids is 1. The van der Waals surface area contributed by atoms with Crippen LogP contribution in [0.2, 0.25) is 0 Å². The topological polar surface area (TPSA) is 85.0 Å². The summed E-state index contributed by atoms with van der Waals surface area (Å²) in [5, 5.41) is 6.80. The molecule has 1 amide bonds. The molecular formula is C7H14ClN5O. The van der Waals surface area contributed by atoms with Gasteiger partial charge in [-0.3, -0.25) is 14.9 Å². The fourth-order valence-corrected chi connectivity index (χ4v) is 1.12. The first-order valence-corrected chi connectivity index (χ1v) is 3.85. The number of carbonyl (C=O) groups is 1. The van der Waals surface area contributed by atoms with E-state index in [2.05, 4.69) is 15.8 Å². The second-order valence-electron chi connectivity index (χ2n) is 2.68. The first kappa shape index (κ1) is 12.9. The van der Waals surface area contributed by atoms with Crippen LogP contribution in [0.5, 0.6) is 0 Å². The van der Waals surface area contributed by atoms with E-state index in [1.54, 1.807) is 31.2 Å². The number of hydrogen-bond acceptors (Lipinski definition) is 4. The lowest BCUT2D eigenvalue weighted by Gasteiger charge is -2.11. The van der Waals surface area contributed by atoms with E-state index in [9.17, 15) is 4.79 Å². The zero-order valence-electron chi connectivity index (χ0n) is 8.02. The number of nitrogens with one attached hydrogen (secondary N) is 2. The lowest BCUT2D eigenvalue weighted by atomic mass is 10.1. The molecule has 0 aliphatic rings. The van der Waals surface area contributed by atoms with Gasteiger partial charge in [-0.05, 0) is 7.05 Å². The highest BCUT2D eigenvalue weighted by molar-refractivity contribution is 5.85. The highest BCUT2D eigenvalue weighted by Gasteiger charge is 2.18. The Morgan fingerprint density at radius 1 is 1.71 bits per heavy atom. The van der Waals surface area contributed by atoms with E-state index in [4.69, 9.17) is 5.84 Å². The molecule has 0 fully saturated rings. The second kappa shape index (κ2) is 5.58. The van der Waals surface area contributed by atoms with E-state index >= 15 is 0 Å². The van der Waals surface area contributed by atoms with Crippen molar-refractivity contribution < 1.29 is 4.79 Å². The molecule has 1 heterocycles. The summed E-state index contributed by atoms with van der Waals surface area (Å²) in [6.07, 6.45) is 3.38. The molecule has 0 aromatic carbocycles. The molecule has 0 aliphatic carbocycles. The number of aromatic nitrogens is 2. The Bertz CT molecular complexity index is 300. The predicted molar refractivity (Wildman–Crippen MR) is 54.6 cm³/mol.